The van der Waals surface area contributed by atoms with Crippen LogP contribution in [0.25, 0.3) is 5.69 Å². The first-order chi connectivity index (χ1) is 12.9. The van der Waals surface area contributed by atoms with Gasteiger partial charge >= 0.3 is 6.03 Å². The summed E-state index contributed by atoms with van der Waals surface area (Å²) in [5.74, 6) is 0. The monoisotopic (exact) mass is 426 g/mol. The van der Waals surface area contributed by atoms with E-state index < -0.39 is 6.03 Å². The third-order valence-electron chi connectivity index (χ3n) is 4.36. The average Bonchev–Trinajstić information content (AvgIpc) is 2.92. The van der Waals surface area contributed by atoms with Gasteiger partial charge < -0.3 is 5.32 Å². The lowest BCUT2D eigenvalue weighted by atomic mass is 10.1. The quantitative estimate of drug-likeness (QED) is 0.604. The number of carbonyl (C=O) groups is 1. The molecule has 1 aromatic heterocycles. The van der Waals surface area contributed by atoms with Gasteiger partial charge in [0.25, 0.3) is 5.56 Å². The van der Waals surface area contributed by atoms with Crippen LogP contribution in [0.4, 0.5) is 10.5 Å². The minimum atomic E-state index is -0.529. The maximum absolute atomic E-state index is 12.6. The van der Waals surface area contributed by atoms with Gasteiger partial charge in [-0.15, -0.1) is 0 Å². The van der Waals surface area contributed by atoms with Gasteiger partial charge in [-0.05, 0) is 62.2 Å². The number of aryl methyl sites for hydroxylation is 2. The molecular formula is C20H19BrN4O2. The molecule has 2 amide bonds. The molecule has 0 spiro atoms. The number of carbonyl (C=O) groups excluding carboxylic acids is 1. The molecule has 0 saturated carbocycles. The normalized spacial score (nSPS) is 11.1. The second-order valence-electron chi connectivity index (χ2n) is 6.20. The summed E-state index contributed by atoms with van der Waals surface area (Å²) in [4.78, 5) is 28.7. The van der Waals surface area contributed by atoms with Crippen LogP contribution in [0, 0.1) is 20.8 Å². The van der Waals surface area contributed by atoms with Crippen LogP contribution in [0.1, 0.15) is 22.4 Å². The number of nitrogens with zero attached hydrogens (tertiary/aromatic N) is 2. The van der Waals surface area contributed by atoms with Crippen molar-refractivity contribution in [2.24, 2.45) is 4.99 Å². The molecule has 27 heavy (non-hydrogen) atoms. The second-order valence-corrected chi connectivity index (χ2v) is 7.12. The smallest absolute Gasteiger partial charge is 0.306 e. The maximum atomic E-state index is 12.6. The zero-order chi connectivity index (χ0) is 19.6. The van der Waals surface area contributed by atoms with E-state index >= 15 is 0 Å². The molecule has 0 atom stereocenters. The Kier molecular flexibility index (Phi) is 5.41. The Bertz CT molecular complexity index is 1080. The third-order valence-corrected chi connectivity index (χ3v) is 4.89. The number of amides is 2. The van der Waals surface area contributed by atoms with Crippen molar-refractivity contribution in [2.45, 2.75) is 20.8 Å². The van der Waals surface area contributed by atoms with Gasteiger partial charge in [0.15, 0.2) is 0 Å². The van der Waals surface area contributed by atoms with Gasteiger partial charge in [-0.25, -0.2) is 14.5 Å². The second kappa shape index (κ2) is 7.75. The van der Waals surface area contributed by atoms with E-state index in [9.17, 15) is 9.59 Å². The number of hydrogen-bond acceptors (Lipinski definition) is 2. The number of aromatic nitrogens is 2. The Morgan fingerprint density at radius 3 is 2.56 bits per heavy atom. The summed E-state index contributed by atoms with van der Waals surface area (Å²) in [6.07, 6.45) is 1.30. The number of urea groups is 1. The number of anilines is 1. The van der Waals surface area contributed by atoms with Gasteiger partial charge in [-0.3, -0.25) is 9.89 Å². The molecule has 0 saturated heterocycles. The number of benzene rings is 2. The molecular weight excluding hydrogens is 408 g/mol. The van der Waals surface area contributed by atoms with E-state index in [0.717, 1.165) is 15.6 Å². The molecule has 0 bridgehead atoms. The van der Waals surface area contributed by atoms with Crippen LogP contribution in [0.3, 0.4) is 0 Å². The summed E-state index contributed by atoms with van der Waals surface area (Å²) < 4.78 is 2.35. The van der Waals surface area contributed by atoms with Crippen molar-refractivity contribution in [3.05, 3.63) is 79.7 Å². The zero-order valence-corrected chi connectivity index (χ0v) is 16.8. The van der Waals surface area contributed by atoms with E-state index in [4.69, 9.17) is 0 Å². The Morgan fingerprint density at radius 1 is 1.15 bits per heavy atom. The summed E-state index contributed by atoms with van der Waals surface area (Å²) in [5.41, 5.74) is 4.17. The van der Waals surface area contributed by atoms with Crippen molar-refractivity contribution in [1.82, 2.24) is 9.78 Å². The van der Waals surface area contributed by atoms with Crippen LogP contribution in [0.15, 0.2) is 56.7 Å². The Hall–Kier alpha value is -2.93. The summed E-state index contributed by atoms with van der Waals surface area (Å²) in [6.45, 7) is 5.67. The fourth-order valence-electron chi connectivity index (χ4n) is 2.64. The summed E-state index contributed by atoms with van der Waals surface area (Å²) >= 11 is 3.37. The Morgan fingerprint density at radius 2 is 1.85 bits per heavy atom. The molecule has 2 aromatic carbocycles. The topological polar surface area (TPSA) is 79.2 Å². The van der Waals surface area contributed by atoms with Crippen molar-refractivity contribution < 1.29 is 4.79 Å². The molecule has 3 rings (SSSR count). The highest BCUT2D eigenvalue weighted by Gasteiger charge is 2.11. The lowest BCUT2D eigenvalue weighted by Crippen LogP contribution is -2.17. The van der Waals surface area contributed by atoms with Crippen LogP contribution in [0.5, 0.6) is 0 Å². The highest BCUT2D eigenvalue weighted by Crippen LogP contribution is 2.18. The number of hydrogen-bond donors (Lipinski definition) is 2. The van der Waals surface area contributed by atoms with Gasteiger partial charge in [0, 0.05) is 22.1 Å². The van der Waals surface area contributed by atoms with Crippen LogP contribution in [0.2, 0.25) is 0 Å². The van der Waals surface area contributed by atoms with Crippen molar-refractivity contribution >= 4 is 33.9 Å². The van der Waals surface area contributed by atoms with E-state index in [1.54, 1.807) is 6.92 Å². The minimum absolute atomic E-state index is 0.266. The first kappa shape index (κ1) is 18.8. The first-order valence-electron chi connectivity index (χ1n) is 8.35. The molecule has 138 valence electrons. The van der Waals surface area contributed by atoms with E-state index in [1.807, 2.05) is 56.3 Å². The number of nitrogens with one attached hydrogen (secondary N) is 2. The minimum Gasteiger partial charge on any atom is -0.306 e. The van der Waals surface area contributed by atoms with Crippen molar-refractivity contribution in [1.29, 1.82) is 0 Å². The fourth-order valence-corrected chi connectivity index (χ4v) is 2.91. The predicted molar refractivity (Wildman–Crippen MR) is 111 cm³/mol. The SMILES string of the molecule is Cc1cccc(NC(=O)N=Cc2c(C)[nH]n(-c3ccc(Br)cc3)c2=O)c1C. The first-order valence-corrected chi connectivity index (χ1v) is 9.15. The van der Waals surface area contributed by atoms with Crippen LogP contribution < -0.4 is 10.9 Å². The zero-order valence-electron chi connectivity index (χ0n) is 15.2. The third kappa shape index (κ3) is 4.09. The number of aromatic amines is 1. The molecule has 3 aromatic rings. The maximum Gasteiger partial charge on any atom is 0.345 e. The van der Waals surface area contributed by atoms with Crippen molar-refractivity contribution in [3.8, 4) is 5.69 Å². The van der Waals surface area contributed by atoms with Crippen molar-refractivity contribution in [3.63, 3.8) is 0 Å². The fraction of sp³-hybridized carbons (Fsp3) is 0.150. The number of H-pyrrole nitrogens is 1. The molecule has 7 heteroatoms. The van der Waals surface area contributed by atoms with Gasteiger partial charge in [-0.1, -0.05) is 28.1 Å². The van der Waals surface area contributed by atoms with Crippen LogP contribution in [-0.2, 0) is 0 Å². The van der Waals surface area contributed by atoms with Gasteiger partial charge in [0.05, 0.1) is 11.3 Å². The van der Waals surface area contributed by atoms with E-state index in [1.165, 1.54) is 10.9 Å². The molecule has 6 nitrogen and oxygen atoms in total. The van der Waals surface area contributed by atoms with E-state index in [0.29, 0.717) is 22.6 Å². The average molecular weight is 427 g/mol. The Labute approximate surface area is 165 Å². The lowest BCUT2D eigenvalue weighted by molar-refractivity contribution is 0.259. The highest BCUT2D eigenvalue weighted by atomic mass is 79.9. The molecule has 0 aliphatic carbocycles. The summed E-state index contributed by atoms with van der Waals surface area (Å²) in [7, 11) is 0. The molecule has 0 fully saturated rings. The van der Waals surface area contributed by atoms with Crippen LogP contribution >= 0.6 is 15.9 Å². The Balaban J connectivity index is 1.83. The van der Waals surface area contributed by atoms with Gasteiger partial charge in [0.1, 0.15) is 0 Å². The summed E-state index contributed by atoms with van der Waals surface area (Å²) in [5, 5.41) is 5.75. The molecule has 0 aliphatic heterocycles. The highest BCUT2D eigenvalue weighted by molar-refractivity contribution is 9.10. The van der Waals surface area contributed by atoms with Crippen molar-refractivity contribution in [2.75, 3.05) is 5.32 Å². The lowest BCUT2D eigenvalue weighted by Gasteiger charge is -2.07. The largest absolute Gasteiger partial charge is 0.345 e. The molecule has 1 heterocycles. The standard InChI is InChI=1S/C20H19BrN4O2/c1-12-5-4-6-18(13(12)2)23-20(27)22-11-17-14(3)24-25(19(17)26)16-9-7-15(21)8-10-16/h4-11,24H,1-3H3,(H,23,27). The molecule has 0 aliphatic rings. The van der Waals surface area contributed by atoms with E-state index in [2.05, 4.69) is 31.3 Å². The van der Waals surface area contributed by atoms with E-state index in [-0.39, 0.29) is 5.56 Å². The molecule has 0 radical (unpaired) electrons. The predicted octanol–water partition coefficient (Wildman–Crippen LogP) is 4.50. The van der Waals surface area contributed by atoms with Crippen LogP contribution in [-0.4, -0.2) is 22.0 Å². The molecule has 0 unspecified atom stereocenters. The number of aliphatic imine (C=N–C) groups is 1. The number of halogens is 1. The van der Waals surface area contributed by atoms with Gasteiger partial charge in [-0.2, -0.15) is 0 Å². The summed E-state index contributed by atoms with van der Waals surface area (Å²) in [6, 6.07) is 12.5. The number of rotatable bonds is 3. The van der Waals surface area contributed by atoms with Gasteiger partial charge in [0.2, 0.25) is 0 Å². The molecule has 2 N–H and O–H groups in total.